The summed E-state index contributed by atoms with van der Waals surface area (Å²) in [6, 6.07) is 0. The van der Waals surface area contributed by atoms with Crippen molar-refractivity contribution < 1.29 is 0 Å². The van der Waals surface area contributed by atoms with Crippen LogP contribution in [0.25, 0.3) is 0 Å². The first-order valence-corrected chi connectivity index (χ1v) is 11.6. The molecule has 0 amide bonds. The lowest BCUT2D eigenvalue weighted by molar-refractivity contribution is 0.375. The minimum absolute atomic E-state index is 1.79. The van der Waals surface area contributed by atoms with Crippen LogP contribution < -0.4 is 0 Å². The fourth-order valence-electron chi connectivity index (χ4n) is 3.47. The fraction of sp³-hybridized carbons (Fsp3) is 1.00. The van der Waals surface area contributed by atoms with Gasteiger partial charge in [0.25, 0.3) is 0 Å². The molecular weight excluding hydrogens is 258 g/mol. The maximum absolute atomic E-state index is 2.47. The molecule has 0 rings (SSSR count). The van der Waals surface area contributed by atoms with Crippen LogP contribution in [-0.4, -0.2) is 109 Å². The second kappa shape index (κ2) is 6.12. The molecule has 0 fully saturated rings. The minimum atomic E-state index is -1.92. The molecule has 0 aromatic heterocycles. The van der Waals surface area contributed by atoms with E-state index in [0.29, 0.717) is 0 Å². The lowest BCUT2D eigenvalue weighted by atomic mass is 11.2. The average molecular weight is 292 g/mol. The Morgan fingerprint density at radius 2 is 0.667 bits per heavy atom. The molecule has 0 heterocycles. The second-order valence-corrected chi connectivity index (χ2v) is 18.8. The van der Waals surface area contributed by atoms with Gasteiger partial charge in [0.15, 0.2) is 0 Å². The van der Waals surface area contributed by atoms with Gasteiger partial charge in [0, 0.05) is 0 Å². The van der Waals surface area contributed by atoms with Gasteiger partial charge in [-0.3, -0.25) is 0 Å². The van der Waals surface area contributed by atoms with Crippen LogP contribution in [0, 0.1) is 0 Å². The van der Waals surface area contributed by atoms with Gasteiger partial charge in [-0.05, 0) is 77.0 Å². The van der Waals surface area contributed by atoms with Crippen molar-refractivity contribution in [2.45, 2.75) is 6.55 Å². The van der Waals surface area contributed by atoms with E-state index in [2.05, 4.69) is 99.9 Å². The van der Waals surface area contributed by atoms with E-state index in [0.717, 1.165) is 0 Å². The van der Waals surface area contributed by atoms with Crippen molar-refractivity contribution in [1.29, 1.82) is 0 Å². The Morgan fingerprint density at radius 3 is 0.722 bits per heavy atom. The summed E-state index contributed by atoms with van der Waals surface area (Å²) >= 11 is 0. The summed E-state index contributed by atoms with van der Waals surface area (Å²) in [7, 11) is 18.6. The Labute approximate surface area is 116 Å². The molecule has 0 saturated heterocycles. The van der Waals surface area contributed by atoms with Crippen molar-refractivity contribution in [3.05, 3.63) is 0 Å². The molecule has 0 bridgehead atoms. The van der Waals surface area contributed by atoms with Gasteiger partial charge in [-0.1, -0.05) is 0 Å². The predicted molar refractivity (Wildman–Crippen MR) is 85.8 cm³/mol. The molecule has 0 aromatic carbocycles. The van der Waals surface area contributed by atoms with E-state index in [1.54, 1.807) is 0 Å². The molecule has 0 saturated carbocycles. The molecule has 0 aromatic rings. The Bertz CT molecular complexity index is 236. The molecule has 5 nitrogen and oxygen atoms in total. The van der Waals surface area contributed by atoms with Crippen LogP contribution in [0.3, 0.4) is 0 Å². The van der Waals surface area contributed by atoms with Crippen LogP contribution in [-0.2, 0) is 0 Å². The van der Waals surface area contributed by atoms with Gasteiger partial charge < -0.3 is 22.8 Å². The summed E-state index contributed by atoms with van der Waals surface area (Å²) in [5, 5.41) is 0. The van der Waals surface area contributed by atoms with Crippen LogP contribution >= 0.6 is 0 Å². The monoisotopic (exact) mass is 291 g/mol. The highest BCUT2D eigenvalue weighted by Crippen LogP contribution is 2.28. The third-order valence-corrected chi connectivity index (χ3v) is 23.3. The van der Waals surface area contributed by atoms with Crippen molar-refractivity contribution in [3.8, 4) is 0 Å². The third-order valence-electron chi connectivity index (χ3n) is 4.25. The molecule has 0 spiro atoms. The van der Waals surface area contributed by atoms with Gasteiger partial charge >= 0.3 is 8.08 Å². The maximum Gasteiger partial charge on any atom is 0.306 e. The first kappa shape index (κ1) is 18.2. The second-order valence-electron chi connectivity index (χ2n) is 6.13. The zero-order valence-electron chi connectivity index (χ0n) is 14.2. The standard InChI is InChI=1S/C11H33N5Si2/c1-12(2)17(11,13(3)4)18(14(5)6,15(7)8)16(9)10/h1-11H3. The van der Waals surface area contributed by atoms with Gasteiger partial charge in [0.05, 0.1) is 0 Å². The van der Waals surface area contributed by atoms with Gasteiger partial charge in [-0.25, -0.2) is 0 Å². The van der Waals surface area contributed by atoms with Gasteiger partial charge in [-0.2, -0.15) is 0 Å². The highest BCUT2D eigenvalue weighted by atomic mass is 29.3. The molecule has 7 heteroatoms. The summed E-state index contributed by atoms with van der Waals surface area (Å²) in [5.74, 6) is 0. The summed E-state index contributed by atoms with van der Waals surface area (Å²) in [5.41, 5.74) is 0. The highest BCUT2D eigenvalue weighted by Gasteiger charge is 2.63. The summed E-state index contributed by atoms with van der Waals surface area (Å²) in [6.07, 6.45) is 0. The van der Waals surface area contributed by atoms with Crippen LogP contribution in [0.2, 0.25) is 6.55 Å². The number of rotatable bonds is 6. The van der Waals surface area contributed by atoms with E-state index in [1.165, 1.54) is 0 Å². The zero-order chi connectivity index (χ0) is 14.9. The molecule has 0 unspecified atom stereocenters. The molecule has 18 heavy (non-hydrogen) atoms. The Balaban J connectivity index is 6.12. The SMILES string of the molecule is CN(C)[Si](C)(N(C)C)[Si](N(C)C)(N(C)C)N(C)C. The molecule has 110 valence electrons. The Kier molecular flexibility index (Phi) is 6.20. The lowest BCUT2D eigenvalue weighted by Crippen LogP contribution is -2.90. The number of nitrogens with zero attached hydrogens (tertiary/aromatic N) is 5. The molecule has 0 atom stereocenters. The molecular formula is C11H33N5Si2. The topological polar surface area (TPSA) is 16.2 Å². The fourth-order valence-corrected chi connectivity index (χ4v) is 21.6. The van der Waals surface area contributed by atoms with Crippen molar-refractivity contribution >= 4 is 16.0 Å². The van der Waals surface area contributed by atoms with Crippen LogP contribution in [0.1, 0.15) is 0 Å². The van der Waals surface area contributed by atoms with E-state index in [9.17, 15) is 0 Å². The average Bonchev–Trinajstić information content (AvgIpc) is 2.15. The van der Waals surface area contributed by atoms with Gasteiger partial charge in [-0.15, -0.1) is 0 Å². The quantitative estimate of drug-likeness (QED) is 0.633. The van der Waals surface area contributed by atoms with Crippen LogP contribution in [0.15, 0.2) is 0 Å². The predicted octanol–water partition coefficient (Wildman–Crippen LogP) is -0.116. The molecule has 0 aliphatic carbocycles. The van der Waals surface area contributed by atoms with Crippen molar-refractivity contribution in [2.24, 2.45) is 0 Å². The smallest absolute Gasteiger partial charge is 0.306 e. The summed E-state index contributed by atoms with van der Waals surface area (Å²) < 4.78 is 12.4. The van der Waals surface area contributed by atoms with E-state index in [-0.39, 0.29) is 0 Å². The van der Waals surface area contributed by atoms with Gasteiger partial charge in [0.1, 0.15) is 0 Å². The first-order chi connectivity index (χ1) is 7.97. The maximum atomic E-state index is 2.47. The molecule has 0 aliphatic rings. The number of hydrogen-bond donors (Lipinski definition) is 0. The number of hydrogen-bond acceptors (Lipinski definition) is 5. The molecule has 0 radical (unpaired) electrons. The third kappa shape index (κ3) is 2.45. The zero-order valence-corrected chi connectivity index (χ0v) is 16.2. The van der Waals surface area contributed by atoms with Crippen molar-refractivity contribution in [3.63, 3.8) is 0 Å². The van der Waals surface area contributed by atoms with E-state index in [4.69, 9.17) is 0 Å². The van der Waals surface area contributed by atoms with E-state index < -0.39 is 16.0 Å². The van der Waals surface area contributed by atoms with Gasteiger partial charge in [0.2, 0.25) is 7.91 Å². The largest absolute Gasteiger partial charge is 0.316 e. The highest BCUT2D eigenvalue weighted by molar-refractivity contribution is 7.36. The van der Waals surface area contributed by atoms with E-state index in [1.807, 2.05) is 0 Å². The lowest BCUT2D eigenvalue weighted by Gasteiger charge is -2.59. The minimum Gasteiger partial charge on any atom is -0.316 e. The molecule has 0 N–H and O–H groups in total. The van der Waals surface area contributed by atoms with Crippen molar-refractivity contribution in [2.75, 3.05) is 70.5 Å². The summed E-state index contributed by atoms with van der Waals surface area (Å²) in [6.45, 7) is 2.47. The summed E-state index contributed by atoms with van der Waals surface area (Å²) in [4.78, 5) is 0. The Morgan fingerprint density at radius 1 is 0.444 bits per heavy atom. The Hall–Kier alpha value is 0.234. The van der Waals surface area contributed by atoms with Crippen LogP contribution in [0.5, 0.6) is 0 Å². The molecule has 0 aliphatic heterocycles. The first-order valence-electron chi connectivity index (χ1n) is 6.34. The van der Waals surface area contributed by atoms with E-state index >= 15 is 0 Å². The van der Waals surface area contributed by atoms with Crippen LogP contribution in [0.4, 0.5) is 0 Å². The van der Waals surface area contributed by atoms with Crippen molar-refractivity contribution in [1.82, 2.24) is 22.8 Å². The normalized spacial score (nSPS) is 14.7.